The van der Waals surface area contributed by atoms with Gasteiger partial charge in [-0.2, -0.15) is 0 Å². The lowest BCUT2D eigenvalue weighted by Crippen LogP contribution is -2.49. The van der Waals surface area contributed by atoms with Crippen molar-refractivity contribution in [3.63, 3.8) is 0 Å². The molecule has 2 aliphatic rings. The smallest absolute Gasteiger partial charge is 0.246 e. The fourth-order valence-corrected chi connectivity index (χ4v) is 13.3. The predicted molar refractivity (Wildman–Crippen MR) is 274 cm³/mol. The number of Topliss-reactive ketones (excluding diaryl/α,β-unsaturated/α-hetero) is 1. The van der Waals surface area contributed by atoms with E-state index in [-0.39, 0.29) is 11.7 Å². The van der Waals surface area contributed by atoms with Gasteiger partial charge in [0, 0.05) is 67.5 Å². The van der Waals surface area contributed by atoms with Crippen LogP contribution in [0.4, 0.5) is 5.69 Å². The molecule has 2 N–H and O–H groups in total. The number of allylic oxidation sites excluding steroid dienone is 6. The van der Waals surface area contributed by atoms with Crippen LogP contribution in [0.3, 0.4) is 0 Å². The number of aryl methyl sites for hydroxylation is 1. The Hall–Kier alpha value is -5.41. The maximum atomic E-state index is 12.2. The summed E-state index contributed by atoms with van der Waals surface area (Å²) in [6.45, 7) is 18.3. The molecule has 8 heteroatoms. The number of benzene rings is 4. The molecule has 1 aliphatic carbocycles. The molecule has 5 aromatic rings. The maximum Gasteiger partial charge on any atom is 0.246 e. The molecule has 0 saturated carbocycles. The summed E-state index contributed by atoms with van der Waals surface area (Å²) in [4.78, 5) is 27.8. The lowest BCUT2D eigenvalue weighted by atomic mass is 9.87. The minimum absolute atomic E-state index is 0.0914. The molecule has 326 valence electrons. The average molecular weight is 874 g/mol. The molecule has 0 bridgehead atoms. The summed E-state index contributed by atoms with van der Waals surface area (Å²) in [6.07, 6.45) is 13.6. The molecule has 4 aromatic carbocycles. The van der Waals surface area contributed by atoms with Crippen LogP contribution >= 0.6 is 11.3 Å². The first-order chi connectivity index (χ1) is 30.2. The van der Waals surface area contributed by atoms with Gasteiger partial charge in [-0.3, -0.25) is 9.59 Å². The molecule has 63 heavy (non-hydrogen) atoms. The fourth-order valence-electron chi connectivity index (χ4n) is 9.20. The summed E-state index contributed by atoms with van der Waals surface area (Å²) in [6, 6.07) is 25.5. The molecule has 0 fully saturated rings. The number of hydrogen-bond acceptors (Lipinski definition) is 5. The Balaban J connectivity index is 1.27. The molecule has 1 aromatic heterocycles. The van der Waals surface area contributed by atoms with Crippen molar-refractivity contribution >= 4 is 74.8 Å². The van der Waals surface area contributed by atoms with E-state index in [9.17, 15) is 9.59 Å². The minimum atomic E-state index is -2.05. The van der Waals surface area contributed by atoms with Crippen LogP contribution in [0.1, 0.15) is 73.9 Å². The molecule has 0 saturated heterocycles. The molecular formula is C55H65N4O2SSi+. The van der Waals surface area contributed by atoms with E-state index in [1.54, 1.807) is 6.92 Å². The van der Waals surface area contributed by atoms with Crippen LogP contribution in [-0.4, -0.2) is 71.3 Å². The van der Waals surface area contributed by atoms with Crippen molar-refractivity contribution in [1.82, 2.24) is 10.6 Å². The zero-order valence-corrected chi connectivity index (χ0v) is 40.6. The van der Waals surface area contributed by atoms with Crippen LogP contribution in [0.15, 0.2) is 125 Å². The molecule has 1 aliphatic heterocycles. The molecule has 0 spiro atoms. The molecule has 7 rings (SSSR count). The van der Waals surface area contributed by atoms with Gasteiger partial charge in [0.05, 0.1) is 0 Å². The number of nitrogens with one attached hydrogen (secondary N) is 2. The molecule has 0 radical (unpaired) electrons. The normalized spacial score (nSPS) is 14.1. The van der Waals surface area contributed by atoms with Gasteiger partial charge in [-0.1, -0.05) is 81.6 Å². The van der Waals surface area contributed by atoms with E-state index in [0.29, 0.717) is 24.1 Å². The van der Waals surface area contributed by atoms with E-state index >= 15 is 0 Å². The Morgan fingerprint density at radius 2 is 1.51 bits per heavy atom. The number of hydrogen-bond donors (Lipinski definition) is 2. The third-order valence-corrected chi connectivity index (χ3v) is 17.4. The first kappa shape index (κ1) is 45.6. The number of carbonyl (C=O) groups excluding carboxylic acids is 2. The second kappa shape index (κ2) is 19.5. The Labute approximate surface area is 380 Å². The maximum absolute atomic E-state index is 12.2. The highest BCUT2D eigenvalue weighted by atomic mass is 32.1. The first-order valence-electron chi connectivity index (χ1n) is 22.6. The van der Waals surface area contributed by atoms with Crippen molar-refractivity contribution in [3.05, 3.63) is 147 Å². The minimum Gasteiger partial charge on any atom is -0.378 e. The van der Waals surface area contributed by atoms with Crippen molar-refractivity contribution in [3.8, 4) is 11.1 Å². The molecule has 0 atom stereocenters. The largest absolute Gasteiger partial charge is 0.378 e. The van der Waals surface area contributed by atoms with Gasteiger partial charge in [0.2, 0.25) is 5.91 Å². The lowest BCUT2D eigenvalue weighted by Gasteiger charge is -2.37. The average Bonchev–Trinajstić information content (AvgIpc) is 3.75. The van der Waals surface area contributed by atoms with Gasteiger partial charge in [-0.15, -0.1) is 11.3 Å². The molecule has 1 amide bonds. The van der Waals surface area contributed by atoms with Gasteiger partial charge >= 0.3 is 0 Å². The van der Waals surface area contributed by atoms with E-state index in [2.05, 4.69) is 165 Å². The number of unbranched alkanes of at least 4 members (excludes halogenated alkanes) is 3. The van der Waals surface area contributed by atoms with Crippen molar-refractivity contribution in [2.45, 2.75) is 78.4 Å². The number of carbonyl (C=O) groups is 2. The summed E-state index contributed by atoms with van der Waals surface area (Å²) < 4.78 is 2.22. The van der Waals surface area contributed by atoms with E-state index < -0.39 is 8.07 Å². The first-order valence-corrected chi connectivity index (χ1v) is 26.4. The van der Waals surface area contributed by atoms with Gasteiger partial charge in [-0.05, 0) is 153 Å². The number of ketones is 1. The summed E-state index contributed by atoms with van der Waals surface area (Å²) in [7, 11) is 6.49. The summed E-state index contributed by atoms with van der Waals surface area (Å²) in [5.41, 5.74) is 12.9. The van der Waals surface area contributed by atoms with E-state index in [0.717, 1.165) is 51.6 Å². The Kier molecular flexibility index (Phi) is 14.1. The van der Waals surface area contributed by atoms with Crippen LogP contribution in [0.2, 0.25) is 13.1 Å². The Bertz CT molecular complexity index is 2760. The lowest BCUT2D eigenvalue weighted by molar-refractivity contribution is -0.462. The van der Waals surface area contributed by atoms with Crippen molar-refractivity contribution in [1.29, 1.82) is 0 Å². The highest BCUT2D eigenvalue weighted by Crippen LogP contribution is 2.45. The number of anilines is 1. The standard InChI is InChI=1S/C55H64N4O2SSi/c1-36(2)50(60)21-14-12-11-13-18-43-42-19-15-16-20-44(42)49(34-56-28-17-29-57-55(61)37(3)4)45-25-22-38(30-48(43)45)39-31-51(62-35-39)54-46-26-23-40(58(5)6)32-52(46)63(9,10)53-33-41(59(7)8)24-27-47(53)54/h15-16,19-20,22-27,30-33,35,56H,1,3,11-14,17-18,21,28-29,34H2,2,4-10H3/p+1. The molecule has 2 heterocycles. The summed E-state index contributed by atoms with van der Waals surface area (Å²) >= 11 is 1.85. The van der Waals surface area contributed by atoms with E-state index in [1.165, 1.54) is 87.2 Å². The quantitative estimate of drug-likeness (QED) is 0.0303. The molecular weight excluding hydrogens is 809 g/mol. The number of nitrogens with zero attached hydrogens (tertiary/aromatic N) is 2. The highest BCUT2D eigenvalue weighted by Gasteiger charge is 2.40. The molecule has 0 unspecified atom stereocenters. The van der Waals surface area contributed by atoms with Gasteiger partial charge < -0.3 is 15.5 Å². The second-order valence-electron chi connectivity index (χ2n) is 18.4. The second-order valence-corrected chi connectivity index (χ2v) is 23.6. The zero-order valence-electron chi connectivity index (χ0n) is 38.8. The van der Waals surface area contributed by atoms with E-state index in [4.69, 9.17) is 0 Å². The third kappa shape index (κ3) is 9.74. The molecule has 6 nitrogen and oxygen atoms in total. The van der Waals surface area contributed by atoms with Crippen LogP contribution in [0.25, 0.3) is 38.2 Å². The summed E-state index contributed by atoms with van der Waals surface area (Å²) in [5.74, 6) is 0.0843. The van der Waals surface area contributed by atoms with Gasteiger partial charge in [0.15, 0.2) is 11.5 Å². The van der Waals surface area contributed by atoms with Crippen LogP contribution in [-0.2, 0) is 22.6 Å². The highest BCUT2D eigenvalue weighted by molar-refractivity contribution is 7.12. The number of thiophene rings is 1. The SMILES string of the molecule is C=C(C)C(=O)CCCCCCc1c2ccccc2c(CNCCCNC(=O)C(=C)C)c2ccc(-c3csc(C4=C5C=CC(=[N+](C)C)C=C5[Si](C)(C)c5cc(N(C)C)ccc54)c3)cc12. The fraction of sp³-hybridized carbons (Fsp3) is 0.327. The van der Waals surface area contributed by atoms with Crippen molar-refractivity contribution < 1.29 is 14.2 Å². The van der Waals surface area contributed by atoms with Crippen molar-refractivity contribution in [2.75, 3.05) is 46.2 Å². The number of rotatable bonds is 18. The van der Waals surface area contributed by atoms with Crippen LogP contribution in [0.5, 0.6) is 0 Å². The zero-order chi connectivity index (χ0) is 45.0. The Morgan fingerprint density at radius 3 is 2.22 bits per heavy atom. The monoisotopic (exact) mass is 873 g/mol. The van der Waals surface area contributed by atoms with Crippen molar-refractivity contribution in [2.24, 2.45) is 0 Å². The van der Waals surface area contributed by atoms with Crippen LogP contribution < -0.4 is 20.7 Å². The van der Waals surface area contributed by atoms with Gasteiger partial charge in [0.25, 0.3) is 0 Å². The van der Waals surface area contributed by atoms with Crippen LogP contribution in [0, 0.1) is 0 Å². The predicted octanol–water partition coefficient (Wildman–Crippen LogP) is 11.1. The van der Waals surface area contributed by atoms with E-state index in [1.807, 2.05) is 18.3 Å². The number of fused-ring (bicyclic) bond motifs is 4. The summed E-state index contributed by atoms with van der Waals surface area (Å²) in [5, 5.41) is 17.2. The number of amides is 1. The topological polar surface area (TPSA) is 64.5 Å². The Morgan fingerprint density at radius 1 is 0.778 bits per heavy atom. The van der Waals surface area contributed by atoms with Gasteiger partial charge in [0.1, 0.15) is 22.2 Å². The van der Waals surface area contributed by atoms with Gasteiger partial charge in [-0.25, -0.2) is 4.58 Å². The third-order valence-electron chi connectivity index (χ3n) is 12.9.